The molecule has 3 nitrogen and oxygen atoms in total. The Balaban J connectivity index is 1.88. The first-order chi connectivity index (χ1) is 10.5. The van der Waals surface area contributed by atoms with Crippen molar-refractivity contribution in [3.63, 3.8) is 0 Å². The van der Waals surface area contributed by atoms with Crippen molar-refractivity contribution < 1.29 is 14.6 Å². The monoisotopic (exact) mass is 322 g/mol. The summed E-state index contributed by atoms with van der Waals surface area (Å²) in [5, 5.41) is 9.24. The van der Waals surface area contributed by atoms with Gasteiger partial charge in [0.25, 0.3) is 0 Å². The maximum Gasteiger partial charge on any atom is 0.306 e. The molecule has 3 rings (SSSR count). The van der Waals surface area contributed by atoms with Crippen molar-refractivity contribution in [2.24, 2.45) is 22.7 Å². The Labute approximate surface area is 141 Å². The third-order valence-corrected chi connectivity index (χ3v) is 7.71. The van der Waals surface area contributed by atoms with Gasteiger partial charge in [-0.25, -0.2) is 0 Å². The number of fused-ring (bicyclic) bond motifs is 3. The van der Waals surface area contributed by atoms with E-state index in [1.54, 1.807) is 0 Å². The van der Waals surface area contributed by atoms with Gasteiger partial charge in [-0.2, -0.15) is 0 Å². The first-order valence-corrected chi connectivity index (χ1v) is 9.43. The minimum atomic E-state index is -0.742. The summed E-state index contributed by atoms with van der Waals surface area (Å²) >= 11 is 0. The van der Waals surface area contributed by atoms with Gasteiger partial charge in [-0.05, 0) is 75.0 Å². The molecule has 0 amide bonds. The fourth-order valence-corrected chi connectivity index (χ4v) is 6.87. The molecular weight excluding hydrogens is 288 g/mol. The van der Waals surface area contributed by atoms with Crippen LogP contribution in [0.4, 0.5) is 0 Å². The largest absolute Gasteiger partial charge is 0.481 e. The summed E-state index contributed by atoms with van der Waals surface area (Å²) in [4.78, 5) is 11.2. The third-order valence-electron chi connectivity index (χ3n) is 7.71. The second-order valence-electron chi connectivity index (χ2n) is 9.97. The topological polar surface area (TPSA) is 46.5 Å². The zero-order chi connectivity index (χ0) is 17.1. The number of carboxylic acid groups (broad SMARTS) is 1. The standard InChI is InChI=1S/C20H34O3/c1-17(2)9-6-10-19(4)14(17)8-12-20(5)15(19)7-11-18(3,23-20)13-16(21)22/h14-15H,6-13H2,1-5H3,(H,21,22). The van der Waals surface area contributed by atoms with Gasteiger partial charge in [0.15, 0.2) is 0 Å². The van der Waals surface area contributed by atoms with Crippen LogP contribution in [-0.2, 0) is 9.53 Å². The predicted octanol–water partition coefficient (Wildman–Crippen LogP) is 5.03. The highest BCUT2D eigenvalue weighted by Crippen LogP contribution is 2.65. The molecule has 132 valence electrons. The van der Waals surface area contributed by atoms with E-state index >= 15 is 0 Å². The van der Waals surface area contributed by atoms with E-state index in [4.69, 9.17) is 4.74 Å². The molecular formula is C20H34O3. The number of rotatable bonds is 2. The summed E-state index contributed by atoms with van der Waals surface area (Å²) in [6, 6.07) is 0. The molecule has 2 saturated carbocycles. The van der Waals surface area contributed by atoms with Crippen LogP contribution in [0.1, 0.15) is 86.0 Å². The Kier molecular flexibility index (Phi) is 3.91. The first-order valence-electron chi connectivity index (χ1n) is 9.43. The SMILES string of the molecule is CC1(CC(=O)O)CCC2C(C)(CCC3C(C)(C)CCCC32C)O1. The zero-order valence-electron chi connectivity index (χ0n) is 15.6. The Hall–Kier alpha value is -0.570. The highest BCUT2D eigenvalue weighted by Gasteiger charge is 2.61. The van der Waals surface area contributed by atoms with Crippen LogP contribution in [0.25, 0.3) is 0 Å². The molecule has 0 bridgehead atoms. The number of hydrogen-bond donors (Lipinski definition) is 1. The van der Waals surface area contributed by atoms with Crippen LogP contribution in [-0.4, -0.2) is 22.3 Å². The summed E-state index contributed by atoms with van der Waals surface area (Å²) in [5.41, 5.74) is 0.126. The molecule has 1 saturated heterocycles. The molecule has 1 aliphatic heterocycles. The second kappa shape index (κ2) is 5.21. The average Bonchev–Trinajstić information content (AvgIpc) is 2.34. The summed E-state index contributed by atoms with van der Waals surface area (Å²) in [5.74, 6) is 0.595. The van der Waals surface area contributed by atoms with Gasteiger partial charge in [-0.15, -0.1) is 0 Å². The van der Waals surface area contributed by atoms with Crippen LogP contribution in [0.15, 0.2) is 0 Å². The van der Waals surface area contributed by atoms with E-state index < -0.39 is 11.6 Å². The van der Waals surface area contributed by atoms with E-state index in [1.807, 2.05) is 6.92 Å². The summed E-state index contributed by atoms with van der Waals surface area (Å²) in [6.45, 7) is 11.7. The molecule has 23 heavy (non-hydrogen) atoms. The van der Waals surface area contributed by atoms with E-state index in [-0.39, 0.29) is 12.0 Å². The highest BCUT2D eigenvalue weighted by molar-refractivity contribution is 5.68. The fraction of sp³-hybridized carbons (Fsp3) is 0.950. The number of hydrogen-bond acceptors (Lipinski definition) is 2. The van der Waals surface area contributed by atoms with Gasteiger partial charge in [-0.1, -0.05) is 27.2 Å². The maximum atomic E-state index is 11.2. The zero-order valence-corrected chi connectivity index (χ0v) is 15.6. The molecule has 3 heteroatoms. The minimum Gasteiger partial charge on any atom is -0.481 e. The second-order valence-corrected chi connectivity index (χ2v) is 9.97. The van der Waals surface area contributed by atoms with Crippen molar-refractivity contribution in [1.29, 1.82) is 0 Å². The molecule has 0 spiro atoms. The van der Waals surface area contributed by atoms with Gasteiger partial charge in [0.1, 0.15) is 0 Å². The first kappa shape index (κ1) is 17.3. The van der Waals surface area contributed by atoms with Crippen molar-refractivity contribution in [2.45, 2.75) is 97.2 Å². The van der Waals surface area contributed by atoms with E-state index in [0.29, 0.717) is 16.7 Å². The van der Waals surface area contributed by atoms with Crippen LogP contribution in [0, 0.1) is 22.7 Å². The van der Waals surface area contributed by atoms with Gasteiger partial charge in [0, 0.05) is 0 Å². The molecule has 0 radical (unpaired) electrons. The summed E-state index contributed by atoms with van der Waals surface area (Å²) < 4.78 is 6.58. The molecule has 0 aromatic heterocycles. The molecule has 3 aliphatic rings. The lowest BCUT2D eigenvalue weighted by atomic mass is 9.44. The van der Waals surface area contributed by atoms with Crippen molar-refractivity contribution in [1.82, 2.24) is 0 Å². The van der Waals surface area contributed by atoms with Gasteiger partial charge < -0.3 is 9.84 Å². The lowest BCUT2D eigenvalue weighted by Crippen LogP contribution is -2.63. The van der Waals surface area contributed by atoms with Crippen molar-refractivity contribution in [2.75, 3.05) is 0 Å². The number of ether oxygens (including phenoxy) is 1. The quantitative estimate of drug-likeness (QED) is 0.775. The molecule has 1 N–H and O–H groups in total. The minimum absolute atomic E-state index is 0.126. The number of carbonyl (C=O) groups is 1. The normalized spacial score (nSPS) is 49.1. The number of aliphatic carboxylic acids is 1. The Bertz CT molecular complexity index is 499. The summed E-state index contributed by atoms with van der Waals surface area (Å²) in [7, 11) is 0. The van der Waals surface area contributed by atoms with E-state index in [0.717, 1.165) is 25.2 Å². The molecule has 5 unspecified atom stereocenters. The lowest BCUT2D eigenvalue weighted by Gasteiger charge is -2.65. The molecule has 5 atom stereocenters. The van der Waals surface area contributed by atoms with Crippen LogP contribution < -0.4 is 0 Å². The van der Waals surface area contributed by atoms with Crippen LogP contribution in [0.2, 0.25) is 0 Å². The maximum absolute atomic E-state index is 11.2. The van der Waals surface area contributed by atoms with Crippen LogP contribution in [0.3, 0.4) is 0 Å². The summed E-state index contributed by atoms with van der Waals surface area (Å²) in [6.07, 6.45) is 8.39. The molecule has 0 aromatic rings. The smallest absolute Gasteiger partial charge is 0.306 e. The average molecular weight is 322 g/mol. The predicted molar refractivity (Wildman–Crippen MR) is 91.3 cm³/mol. The van der Waals surface area contributed by atoms with E-state index in [2.05, 4.69) is 27.7 Å². The van der Waals surface area contributed by atoms with Gasteiger partial charge >= 0.3 is 5.97 Å². The van der Waals surface area contributed by atoms with Crippen molar-refractivity contribution in [3.8, 4) is 0 Å². The van der Waals surface area contributed by atoms with Gasteiger partial charge in [0.05, 0.1) is 17.6 Å². The molecule has 1 heterocycles. The lowest BCUT2D eigenvalue weighted by molar-refractivity contribution is -0.266. The number of carboxylic acids is 1. The van der Waals surface area contributed by atoms with Gasteiger partial charge in [0.2, 0.25) is 0 Å². The molecule has 0 aromatic carbocycles. The fourth-order valence-electron chi connectivity index (χ4n) is 6.87. The highest BCUT2D eigenvalue weighted by atomic mass is 16.5. The molecule has 3 fully saturated rings. The van der Waals surface area contributed by atoms with Crippen molar-refractivity contribution in [3.05, 3.63) is 0 Å². The Morgan fingerprint density at radius 2 is 1.65 bits per heavy atom. The molecule has 2 aliphatic carbocycles. The van der Waals surface area contributed by atoms with Gasteiger partial charge in [-0.3, -0.25) is 4.79 Å². The van der Waals surface area contributed by atoms with Crippen molar-refractivity contribution >= 4 is 5.97 Å². The van der Waals surface area contributed by atoms with E-state index in [1.165, 1.54) is 25.7 Å². The van der Waals surface area contributed by atoms with Crippen LogP contribution >= 0.6 is 0 Å². The van der Waals surface area contributed by atoms with Crippen LogP contribution in [0.5, 0.6) is 0 Å². The Morgan fingerprint density at radius 3 is 2.30 bits per heavy atom. The van der Waals surface area contributed by atoms with E-state index in [9.17, 15) is 9.90 Å². The Morgan fingerprint density at radius 1 is 1.00 bits per heavy atom. The third kappa shape index (κ3) is 2.73.